The van der Waals surface area contributed by atoms with Crippen LogP contribution in [0.1, 0.15) is 38.5 Å². The zero-order valence-electron chi connectivity index (χ0n) is 12.1. The predicted molar refractivity (Wildman–Crippen MR) is 81.1 cm³/mol. The van der Waals surface area contributed by atoms with Crippen LogP contribution in [0, 0.1) is 23.2 Å². The summed E-state index contributed by atoms with van der Waals surface area (Å²) >= 11 is 0. The highest BCUT2D eigenvalue weighted by Crippen LogP contribution is 2.61. The fourth-order valence-corrected chi connectivity index (χ4v) is 7.03. The second kappa shape index (κ2) is 5.01. The van der Waals surface area contributed by atoms with Gasteiger partial charge in [-0.1, -0.05) is 6.07 Å². The summed E-state index contributed by atoms with van der Waals surface area (Å²) in [4.78, 5) is 16.0. The van der Waals surface area contributed by atoms with Gasteiger partial charge < -0.3 is 4.79 Å². The second-order valence-corrected chi connectivity index (χ2v) is 8.82. The average Bonchev–Trinajstić information content (AvgIpc) is 2.47. The first-order valence-corrected chi connectivity index (χ1v) is 9.18. The Bertz CT molecular complexity index is 536. The number of carbonyl (C=O) groups excluding carboxylic acids is 1. The van der Waals surface area contributed by atoms with E-state index < -0.39 is 10.8 Å². The lowest BCUT2D eigenvalue weighted by molar-refractivity contribution is -0.114. The zero-order valence-corrected chi connectivity index (χ0v) is 12.9. The molecule has 5 rings (SSSR count). The van der Waals surface area contributed by atoms with Crippen molar-refractivity contribution in [1.29, 1.82) is 0 Å². The molecule has 1 aromatic rings. The van der Waals surface area contributed by atoms with E-state index in [1.165, 1.54) is 19.3 Å². The third kappa shape index (κ3) is 2.19. The number of nitrogens with zero attached hydrogens (tertiary/aromatic N) is 1. The van der Waals surface area contributed by atoms with Gasteiger partial charge in [0.2, 0.25) is 0 Å². The van der Waals surface area contributed by atoms with Crippen LogP contribution in [0.5, 0.6) is 0 Å². The molecule has 1 heterocycles. The van der Waals surface area contributed by atoms with Gasteiger partial charge in [-0.05, 0) is 73.8 Å². The van der Waals surface area contributed by atoms with Gasteiger partial charge in [-0.15, -0.1) is 0 Å². The summed E-state index contributed by atoms with van der Waals surface area (Å²) in [5.74, 6) is 2.29. The van der Waals surface area contributed by atoms with Gasteiger partial charge in [-0.2, -0.15) is 0 Å². The van der Waals surface area contributed by atoms with Gasteiger partial charge in [0.1, 0.15) is 16.6 Å². The van der Waals surface area contributed by atoms with Crippen LogP contribution in [0.3, 0.4) is 0 Å². The van der Waals surface area contributed by atoms with Gasteiger partial charge >= 0.3 is 0 Å². The Morgan fingerprint density at radius 3 is 2.24 bits per heavy atom. The van der Waals surface area contributed by atoms with Crippen molar-refractivity contribution >= 4 is 17.1 Å². The van der Waals surface area contributed by atoms with Gasteiger partial charge in [0, 0.05) is 6.20 Å². The third-order valence-electron chi connectivity index (χ3n) is 5.89. The molecule has 4 bridgehead atoms. The molecule has 4 aliphatic carbocycles. The number of aldehydes is 1. The number of carbonyl (C=O) groups is 1. The van der Waals surface area contributed by atoms with Crippen LogP contribution in [0.4, 0.5) is 0 Å². The van der Waals surface area contributed by atoms with Crippen LogP contribution in [0.25, 0.3) is 0 Å². The van der Waals surface area contributed by atoms with Crippen molar-refractivity contribution in [3.05, 3.63) is 24.4 Å². The topological polar surface area (TPSA) is 47.0 Å². The average molecular weight is 303 g/mol. The molecule has 0 amide bonds. The van der Waals surface area contributed by atoms with Crippen LogP contribution in [-0.2, 0) is 15.6 Å². The lowest BCUT2D eigenvalue weighted by atomic mass is 9.49. The first-order valence-electron chi connectivity index (χ1n) is 7.97. The Balaban J connectivity index is 1.67. The summed E-state index contributed by atoms with van der Waals surface area (Å²) < 4.78 is 12.9. The summed E-state index contributed by atoms with van der Waals surface area (Å²) in [6, 6.07) is 5.45. The van der Waals surface area contributed by atoms with E-state index in [0.29, 0.717) is 5.03 Å². The largest absolute Gasteiger partial charge is 0.302 e. The summed E-state index contributed by atoms with van der Waals surface area (Å²) in [7, 11) is -1.31. The SMILES string of the molecule is O=CC(S(=O)c1ccccn1)C12CC3CC(CC(C3)C1)C2. The normalized spacial score (nSPS) is 39.9. The van der Waals surface area contributed by atoms with Crippen LogP contribution < -0.4 is 0 Å². The molecule has 4 fully saturated rings. The van der Waals surface area contributed by atoms with E-state index in [1.807, 2.05) is 12.1 Å². The number of pyridine rings is 1. The Morgan fingerprint density at radius 1 is 1.14 bits per heavy atom. The maximum atomic E-state index is 12.9. The van der Waals surface area contributed by atoms with Gasteiger partial charge in [-0.25, -0.2) is 4.98 Å². The molecule has 4 heteroatoms. The lowest BCUT2D eigenvalue weighted by Gasteiger charge is -2.58. The van der Waals surface area contributed by atoms with Crippen molar-refractivity contribution in [2.75, 3.05) is 0 Å². The zero-order chi connectivity index (χ0) is 14.4. The van der Waals surface area contributed by atoms with E-state index in [2.05, 4.69) is 4.98 Å². The minimum atomic E-state index is -1.31. The molecule has 21 heavy (non-hydrogen) atoms. The molecule has 0 aromatic carbocycles. The summed E-state index contributed by atoms with van der Waals surface area (Å²) in [6.07, 6.45) is 9.93. The summed E-state index contributed by atoms with van der Waals surface area (Å²) in [6.45, 7) is 0. The van der Waals surface area contributed by atoms with Gasteiger partial charge in [0.05, 0.1) is 10.8 Å². The van der Waals surface area contributed by atoms with Crippen molar-refractivity contribution in [3.8, 4) is 0 Å². The third-order valence-corrected chi connectivity index (χ3v) is 7.61. The second-order valence-electron chi connectivity index (χ2n) is 7.30. The van der Waals surface area contributed by atoms with Crippen molar-refractivity contribution in [3.63, 3.8) is 0 Å². The minimum Gasteiger partial charge on any atom is -0.302 e. The van der Waals surface area contributed by atoms with Crippen LogP contribution in [-0.4, -0.2) is 20.7 Å². The molecule has 3 nitrogen and oxygen atoms in total. The highest BCUT2D eigenvalue weighted by molar-refractivity contribution is 7.86. The highest BCUT2D eigenvalue weighted by atomic mass is 32.2. The Hall–Kier alpha value is -1.03. The molecule has 0 spiro atoms. The first-order chi connectivity index (χ1) is 10.2. The molecule has 0 saturated heterocycles. The molecule has 0 N–H and O–H groups in total. The maximum Gasteiger partial charge on any atom is 0.136 e. The quantitative estimate of drug-likeness (QED) is 0.803. The predicted octanol–water partition coefficient (Wildman–Crippen LogP) is 2.97. The van der Waals surface area contributed by atoms with E-state index in [-0.39, 0.29) is 10.7 Å². The summed E-state index contributed by atoms with van der Waals surface area (Å²) in [5.41, 5.74) is -0.0150. The van der Waals surface area contributed by atoms with Crippen LogP contribution in [0.2, 0.25) is 0 Å². The number of hydrogen-bond acceptors (Lipinski definition) is 3. The fourth-order valence-electron chi connectivity index (χ4n) is 5.54. The first kappa shape index (κ1) is 13.6. The Kier molecular flexibility index (Phi) is 3.25. The molecule has 1 aromatic heterocycles. The maximum absolute atomic E-state index is 12.9. The van der Waals surface area contributed by atoms with Crippen molar-refractivity contribution in [2.45, 2.75) is 48.8 Å². The molecule has 4 saturated carbocycles. The van der Waals surface area contributed by atoms with Gasteiger partial charge in [0.15, 0.2) is 0 Å². The lowest BCUT2D eigenvalue weighted by Crippen LogP contribution is -2.53. The Morgan fingerprint density at radius 2 is 1.76 bits per heavy atom. The number of aromatic nitrogens is 1. The molecule has 2 unspecified atom stereocenters. The molecule has 4 aliphatic rings. The van der Waals surface area contributed by atoms with E-state index in [9.17, 15) is 9.00 Å². The fraction of sp³-hybridized carbons (Fsp3) is 0.647. The van der Waals surface area contributed by atoms with E-state index in [0.717, 1.165) is 43.3 Å². The summed E-state index contributed by atoms with van der Waals surface area (Å²) in [5, 5.41) is 0.186. The molecule has 2 atom stereocenters. The van der Waals surface area contributed by atoms with Crippen LogP contribution in [0.15, 0.2) is 29.4 Å². The smallest absolute Gasteiger partial charge is 0.136 e. The minimum absolute atomic E-state index is 0.0150. The Labute approximate surface area is 128 Å². The number of rotatable bonds is 4. The molecule has 112 valence electrons. The monoisotopic (exact) mass is 303 g/mol. The van der Waals surface area contributed by atoms with Crippen molar-refractivity contribution in [2.24, 2.45) is 23.2 Å². The highest BCUT2D eigenvalue weighted by Gasteiger charge is 2.55. The standard InChI is InChI=1S/C17H21NO2S/c19-11-15(21(20)16-3-1-2-4-18-16)17-8-12-5-13(9-17)7-14(6-12)10-17/h1-4,11-15H,5-10H2. The molecular formula is C17H21NO2S. The molecule has 0 radical (unpaired) electrons. The van der Waals surface area contributed by atoms with Gasteiger partial charge in [0.25, 0.3) is 0 Å². The van der Waals surface area contributed by atoms with Crippen molar-refractivity contribution < 1.29 is 9.00 Å². The van der Waals surface area contributed by atoms with E-state index in [1.54, 1.807) is 12.3 Å². The van der Waals surface area contributed by atoms with Gasteiger partial charge in [-0.3, -0.25) is 4.21 Å². The van der Waals surface area contributed by atoms with Crippen LogP contribution >= 0.6 is 0 Å². The van der Waals surface area contributed by atoms with E-state index in [4.69, 9.17) is 0 Å². The van der Waals surface area contributed by atoms with Crippen molar-refractivity contribution in [1.82, 2.24) is 4.98 Å². The molecular weight excluding hydrogens is 282 g/mol. The van der Waals surface area contributed by atoms with E-state index >= 15 is 0 Å². The molecule has 0 aliphatic heterocycles. The number of hydrogen-bond donors (Lipinski definition) is 0.